The highest BCUT2D eigenvalue weighted by molar-refractivity contribution is 6.07. The van der Waals surface area contributed by atoms with Gasteiger partial charge in [-0.3, -0.25) is 4.79 Å². The molecule has 1 aromatic heterocycles. The van der Waals surface area contributed by atoms with Gasteiger partial charge in [-0.25, -0.2) is 4.79 Å². The lowest BCUT2D eigenvalue weighted by molar-refractivity contribution is -0.765. The number of fused-ring (bicyclic) bond motifs is 1. The van der Waals surface area contributed by atoms with Gasteiger partial charge in [0, 0.05) is 18.3 Å². The van der Waals surface area contributed by atoms with Crippen LogP contribution in [0.25, 0.3) is 0 Å². The van der Waals surface area contributed by atoms with Crippen LogP contribution in [0.5, 0.6) is 0 Å². The van der Waals surface area contributed by atoms with Crippen molar-refractivity contribution in [3.05, 3.63) is 59.4 Å². The number of amides is 1. The second-order valence-electron chi connectivity index (χ2n) is 7.31. The van der Waals surface area contributed by atoms with Crippen LogP contribution in [0.1, 0.15) is 32.5 Å². The van der Waals surface area contributed by atoms with Crippen LogP contribution in [-0.2, 0) is 15.9 Å². The molecule has 4 rings (SSSR count). The first-order valence-corrected chi connectivity index (χ1v) is 9.61. The summed E-state index contributed by atoms with van der Waals surface area (Å²) in [6, 6.07) is 8.40. The van der Waals surface area contributed by atoms with Crippen LogP contribution < -0.4 is 9.47 Å². The number of carbonyl (C=O) groups is 2. The van der Waals surface area contributed by atoms with Crippen LogP contribution in [-0.4, -0.2) is 65.8 Å². The lowest BCUT2D eigenvalue weighted by Crippen LogP contribution is -2.46. The van der Waals surface area contributed by atoms with Crippen molar-refractivity contribution in [1.29, 1.82) is 0 Å². The first kappa shape index (κ1) is 20.4. The van der Waals surface area contributed by atoms with E-state index >= 15 is 0 Å². The first-order valence-electron chi connectivity index (χ1n) is 9.61. The van der Waals surface area contributed by atoms with Gasteiger partial charge in [-0.05, 0) is 36.2 Å². The zero-order valence-corrected chi connectivity index (χ0v) is 16.3. The van der Waals surface area contributed by atoms with Crippen molar-refractivity contribution < 1.29 is 38.9 Å². The van der Waals surface area contributed by atoms with Gasteiger partial charge < -0.3 is 29.7 Å². The van der Waals surface area contributed by atoms with Crippen molar-refractivity contribution in [2.24, 2.45) is 0 Å². The van der Waals surface area contributed by atoms with E-state index in [1.807, 2.05) is 0 Å². The van der Waals surface area contributed by atoms with E-state index in [0.717, 1.165) is 11.3 Å². The molecule has 4 atom stereocenters. The minimum atomic E-state index is -1.23. The summed E-state index contributed by atoms with van der Waals surface area (Å²) in [7, 11) is 1.32. The minimum absolute atomic E-state index is 0.235. The number of rotatable bonds is 4. The molecule has 0 aliphatic carbocycles. The summed E-state index contributed by atoms with van der Waals surface area (Å²) in [6.07, 6.45) is -0.484. The number of pyridine rings is 1. The first-order chi connectivity index (χ1) is 14.4. The molecule has 1 aromatic carbocycles. The van der Waals surface area contributed by atoms with Crippen LogP contribution in [0, 0.1) is 0 Å². The monoisotopic (exact) mass is 415 g/mol. The summed E-state index contributed by atoms with van der Waals surface area (Å²) < 4.78 is 11.8. The molecule has 9 nitrogen and oxygen atoms in total. The maximum atomic E-state index is 13.1. The number of aromatic nitrogens is 1. The Morgan fingerprint density at radius 1 is 1.23 bits per heavy atom. The molecule has 2 aromatic rings. The molecule has 1 fully saturated rings. The maximum Gasteiger partial charge on any atom is 0.337 e. The van der Waals surface area contributed by atoms with Gasteiger partial charge in [0.1, 0.15) is 17.8 Å². The van der Waals surface area contributed by atoms with E-state index in [4.69, 9.17) is 9.47 Å². The molecule has 2 aliphatic heterocycles. The zero-order chi connectivity index (χ0) is 21.4. The van der Waals surface area contributed by atoms with Crippen molar-refractivity contribution in [3.8, 4) is 0 Å². The molecule has 2 unspecified atom stereocenters. The Hall–Kier alpha value is -2.85. The van der Waals surface area contributed by atoms with Crippen molar-refractivity contribution in [1.82, 2.24) is 0 Å². The Morgan fingerprint density at radius 2 is 2.03 bits per heavy atom. The number of carbonyl (C=O) groups excluding carboxylic acids is 2. The van der Waals surface area contributed by atoms with Crippen molar-refractivity contribution in [2.45, 2.75) is 31.0 Å². The van der Waals surface area contributed by atoms with Crippen LogP contribution in [0.15, 0.2) is 42.7 Å². The van der Waals surface area contributed by atoms with E-state index in [9.17, 15) is 24.9 Å². The van der Waals surface area contributed by atoms with Crippen LogP contribution in [0.2, 0.25) is 0 Å². The number of aliphatic hydroxyl groups is 3. The minimum Gasteiger partial charge on any atom is -0.465 e. The van der Waals surface area contributed by atoms with Gasteiger partial charge in [0.15, 0.2) is 18.5 Å². The van der Waals surface area contributed by atoms with Crippen molar-refractivity contribution >= 4 is 17.6 Å². The largest absolute Gasteiger partial charge is 0.465 e. The molecule has 0 saturated carbocycles. The Balaban J connectivity index is 1.58. The fraction of sp³-hybridized carbons (Fsp3) is 0.381. The number of methoxy groups -OCH3 is 1. The Bertz CT molecular complexity index is 980. The Morgan fingerprint density at radius 3 is 2.73 bits per heavy atom. The number of anilines is 1. The van der Waals surface area contributed by atoms with E-state index in [2.05, 4.69) is 0 Å². The molecule has 0 radical (unpaired) electrons. The molecule has 9 heteroatoms. The number of hydrogen-bond acceptors (Lipinski definition) is 7. The fourth-order valence-corrected chi connectivity index (χ4v) is 3.92. The molecule has 0 spiro atoms. The van der Waals surface area contributed by atoms with Gasteiger partial charge in [0.05, 0.1) is 19.3 Å². The molecule has 3 heterocycles. The van der Waals surface area contributed by atoms with E-state index in [1.54, 1.807) is 47.6 Å². The van der Waals surface area contributed by atoms with Crippen molar-refractivity contribution in [2.75, 3.05) is 25.2 Å². The number of benzene rings is 1. The van der Waals surface area contributed by atoms with Gasteiger partial charge >= 0.3 is 5.97 Å². The number of aliphatic hydroxyl groups excluding tert-OH is 3. The normalized spacial score (nSPS) is 25.3. The quantitative estimate of drug-likeness (QED) is 0.458. The summed E-state index contributed by atoms with van der Waals surface area (Å²) in [6.45, 7) is 0.0492. The van der Waals surface area contributed by atoms with E-state index in [0.29, 0.717) is 24.1 Å². The highest BCUT2D eigenvalue weighted by Gasteiger charge is 2.48. The topological polar surface area (TPSA) is 120 Å². The van der Waals surface area contributed by atoms with Crippen LogP contribution in [0.3, 0.4) is 0 Å². The third kappa shape index (κ3) is 3.46. The Kier molecular flexibility index (Phi) is 5.52. The summed E-state index contributed by atoms with van der Waals surface area (Å²) in [5.41, 5.74) is 2.43. The Labute approximate surface area is 172 Å². The van der Waals surface area contributed by atoms with Crippen molar-refractivity contribution in [3.63, 3.8) is 0 Å². The van der Waals surface area contributed by atoms with E-state index in [-0.39, 0.29) is 5.91 Å². The molecule has 30 heavy (non-hydrogen) atoms. The summed E-state index contributed by atoms with van der Waals surface area (Å²) in [4.78, 5) is 26.5. The predicted molar refractivity (Wildman–Crippen MR) is 103 cm³/mol. The summed E-state index contributed by atoms with van der Waals surface area (Å²) in [5, 5.41) is 29.5. The van der Waals surface area contributed by atoms with Gasteiger partial charge in [-0.15, -0.1) is 0 Å². The average molecular weight is 415 g/mol. The van der Waals surface area contributed by atoms with Gasteiger partial charge in [0.2, 0.25) is 0 Å². The number of esters is 1. The highest BCUT2D eigenvalue weighted by atomic mass is 16.6. The molecule has 2 aliphatic rings. The molecule has 158 valence electrons. The predicted octanol–water partition coefficient (Wildman–Crippen LogP) is -0.425. The molecular weight excluding hydrogens is 392 g/mol. The van der Waals surface area contributed by atoms with E-state index < -0.39 is 37.1 Å². The SMILES string of the molecule is COC(=O)c1ccc2c(c1)CCN2C(=O)c1ccc[n+](C2OC(CO)[C@@H](O)[C@H]2O)c1. The van der Waals surface area contributed by atoms with Crippen LogP contribution in [0.4, 0.5) is 5.69 Å². The second-order valence-corrected chi connectivity index (χ2v) is 7.31. The number of nitrogens with zero attached hydrogens (tertiary/aromatic N) is 2. The van der Waals surface area contributed by atoms with Crippen LogP contribution >= 0.6 is 0 Å². The smallest absolute Gasteiger partial charge is 0.337 e. The molecule has 0 bridgehead atoms. The second kappa shape index (κ2) is 8.11. The van der Waals surface area contributed by atoms with Gasteiger partial charge in [-0.2, -0.15) is 4.57 Å². The van der Waals surface area contributed by atoms with Gasteiger partial charge in [0.25, 0.3) is 12.1 Å². The average Bonchev–Trinajstić information content (AvgIpc) is 3.33. The highest BCUT2D eigenvalue weighted by Crippen LogP contribution is 2.30. The maximum absolute atomic E-state index is 13.1. The number of hydrogen-bond donors (Lipinski definition) is 3. The van der Waals surface area contributed by atoms with E-state index in [1.165, 1.54) is 11.7 Å². The fourth-order valence-electron chi connectivity index (χ4n) is 3.92. The lowest BCUT2D eigenvalue weighted by Gasteiger charge is -2.17. The zero-order valence-electron chi connectivity index (χ0n) is 16.3. The number of ether oxygens (including phenoxy) is 2. The third-order valence-electron chi connectivity index (χ3n) is 5.52. The lowest BCUT2D eigenvalue weighted by atomic mass is 10.1. The molecule has 1 saturated heterocycles. The summed E-state index contributed by atoms with van der Waals surface area (Å²) in [5.74, 6) is -0.661. The third-order valence-corrected chi connectivity index (χ3v) is 5.52. The standard InChI is InChI=1S/C21H23N2O7/c1-29-21(28)13-4-5-15-12(9-13)6-8-23(15)19(27)14-3-2-7-22(10-14)20-18(26)17(25)16(11-24)30-20/h2-5,7,9-10,16-18,20,24-26H,6,8,11H2,1H3/q+1/t16?,17-,18-,20?/m1/s1. The molecule has 3 N–H and O–H groups in total. The molecule has 1 amide bonds. The van der Waals surface area contributed by atoms with Gasteiger partial charge in [-0.1, -0.05) is 0 Å². The molecular formula is C21H23N2O7+. The summed E-state index contributed by atoms with van der Waals surface area (Å²) >= 11 is 0.